The Morgan fingerprint density at radius 3 is 2.48 bits per heavy atom. The smallest absolute Gasteiger partial charge is 0.407 e. The van der Waals surface area contributed by atoms with Gasteiger partial charge in [-0.25, -0.2) is 26.4 Å². The Morgan fingerprint density at radius 2 is 1.83 bits per heavy atom. The van der Waals surface area contributed by atoms with Crippen molar-refractivity contribution in [3.05, 3.63) is 42.2 Å². The van der Waals surface area contributed by atoms with Crippen molar-refractivity contribution in [1.82, 2.24) is 25.2 Å². The number of hydrogen-bond acceptors (Lipinski definition) is 10. The highest BCUT2D eigenvalue weighted by Gasteiger charge is 2.63. The van der Waals surface area contributed by atoms with E-state index in [1.807, 2.05) is 26.0 Å². The molecule has 4 amide bonds. The fraction of sp³-hybridized carbons (Fsp3) is 0.643. The maximum Gasteiger partial charge on any atom is 0.407 e. The van der Waals surface area contributed by atoms with Crippen LogP contribution in [0.3, 0.4) is 0 Å². The zero-order valence-corrected chi connectivity index (χ0v) is 35.9. The minimum Gasteiger partial charge on any atom is -0.481 e. The Balaban J connectivity index is 1.36. The number of rotatable bonds is 11. The van der Waals surface area contributed by atoms with Gasteiger partial charge in [-0.15, -0.1) is 0 Å². The Bertz CT molecular complexity index is 2140. The van der Waals surface area contributed by atoms with Gasteiger partial charge in [0.2, 0.25) is 33.6 Å². The molecule has 3 fully saturated rings. The summed E-state index contributed by atoms with van der Waals surface area (Å²) in [5.41, 5.74) is -3.79. The van der Waals surface area contributed by atoms with Gasteiger partial charge in [0, 0.05) is 37.3 Å². The summed E-state index contributed by atoms with van der Waals surface area (Å²) < 4.78 is 87.3. The fourth-order valence-corrected chi connectivity index (χ4v) is 9.39. The second kappa shape index (κ2) is 16.7. The molecule has 1 saturated heterocycles. The maximum atomic E-state index is 15.0. The van der Waals surface area contributed by atoms with Crippen LogP contribution in [0.2, 0.25) is 0 Å². The molecule has 18 heteroatoms. The number of amides is 4. The number of carbonyl (C=O) groups excluding carboxylic acids is 4. The minimum absolute atomic E-state index is 0.0588. The maximum absolute atomic E-state index is 15.0. The van der Waals surface area contributed by atoms with E-state index in [1.165, 1.54) is 36.3 Å². The minimum atomic E-state index is -4.07. The molecule has 7 unspecified atom stereocenters. The summed E-state index contributed by atoms with van der Waals surface area (Å²) in [4.78, 5) is 62.4. The normalized spacial score (nSPS) is 28.3. The first-order valence-corrected chi connectivity index (χ1v) is 22.0. The Kier molecular flexibility index (Phi) is 12.5. The van der Waals surface area contributed by atoms with Gasteiger partial charge in [0.1, 0.15) is 23.5 Å². The molecule has 1 aromatic carbocycles. The predicted molar refractivity (Wildman–Crippen MR) is 215 cm³/mol. The lowest BCUT2D eigenvalue weighted by atomic mass is 9.80. The second-order valence-corrected chi connectivity index (χ2v) is 20.0. The number of benzene rings is 1. The zero-order valence-electron chi connectivity index (χ0n) is 35.1. The van der Waals surface area contributed by atoms with E-state index in [-0.39, 0.29) is 49.5 Å². The number of alkyl carbamates (subject to hydrolysis) is 1. The number of alkyl halides is 2. The molecule has 2 saturated carbocycles. The number of halogens is 3. The first kappa shape index (κ1) is 44.9. The average Bonchev–Trinajstić information content (AvgIpc) is 4.05. The van der Waals surface area contributed by atoms with Gasteiger partial charge in [0.25, 0.3) is 11.8 Å². The fourth-order valence-electron chi connectivity index (χ4n) is 8.08. The average molecular weight is 864 g/mol. The molecule has 14 nitrogen and oxygen atoms in total. The largest absolute Gasteiger partial charge is 0.481 e. The Labute approximate surface area is 348 Å². The van der Waals surface area contributed by atoms with Crippen LogP contribution in [-0.2, 0) is 29.1 Å². The quantitative estimate of drug-likeness (QED) is 0.234. The van der Waals surface area contributed by atoms with E-state index in [2.05, 4.69) is 20.3 Å². The number of nitrogens with zero attached hydrogens (tertiary/aromatic N) is 2. The Morgan fingerprint density at radius 1 is 1.12 bits per heavy atom. The van der Waals surface area contributed by atoms with Crippen molar-refractivity contribution in [3.8, 4) is 11.8 Å². The monoisotopic (exact) mass is 863 g/mol. The summed E-state index contributed by atoms with van der Waals surface area (Å²) in [6.45, 7) is 7.82. The number of fused-ring (bicyclic) bond motifs is 3. The van der Waals surface area contributed by atoms with E-state index in [1.54, 1.807) is 6.92 Å². The van der Waals surface area contributed by atoms with Gasteiger partial charge in [-0.2, -0.15) is 4.98 Å². The molecular weight excluding hydrogens is 808 g/mol. The standard InChI is InChI=1S/C42H56F3N5O9S/c1-8-25-17-24(2)11-9-10-12-27-21-42(27,37(53)49-60(55,56)40(5)15-16-40)48-34(51)32-20-29(58-35-30-14-13-28(43)18-26(30)19-33(47-35)57-7)23-50(32)36(52)31(25)22-46-38(54)59-39(3,4)41(6,44)45/h10,12-14,18-19,24-25,27,29,31-32H,8-9,11,15-17,20-23H2,1-7H3,(H,46,54)(H,48,51)(H,49,53). The van der Waals surface area contributed by atoms with Crippen LogP contribution in [0.25, 0.3) is 10.8 Å². The topological polar surface area (TPSA) is 182 Å². The van der Waals surface area contributed by atoms with Crippen molar-refractivity contribution in [1.29, 1.82) is 0 Å². The molecule has 330 valence electrons. The lowest BCUT2D eigenvalue weighted by molar-refractivity contribution is -0.150. The van der Waals surface area contributed by atoms with Crippen molar-refractivity contribution in [2.24, 2.45) is 23.7 Å². The number of allylic oxidation sites excluding steroid dienone is 1. The highest BCUT2D eigenvalue weighted by molar-refractivity contribution is 7.91. The molecular formula is C42H56F3N5O9S. The molecule has 3 heterocycles. The van der Waals surface area contributed by atoms with Gasteiger partial charge in [-0.1, -0.05) is 32.4 Å². The van der Waals surface area contributed by atoms with Crippen molar-refractivity contribution >= 4 is 44.6 Å². The number of ether oxygens (including phenoxy) is 3. The number of methoxy groups -OCH3 is 1. The lowest BCUT2D eigenvalue weighted by Crippen LogP contribution is -2.58. The van der Waals surface area contributed by atoms with E-state index >= 15 is 4.79 Å². The van der Waals surface area contributed by atoms with Crippen LogP contribution < -0.4 is 24.8 Å². The van der Waals surface area contributed by atoms with Gasteiger partial charge in [0.15, 0.2) is 5.60 Å². The molecule has 1 aromatic heterocycles. The van der Waals surface area contributed by atoms with E-state index < -0.39 is 85.4 Å². The van der Waals surface area contributed by atoms with Crippen LogP contribution >= 0.6 is 0 Å². The number of sulfonamides is 1. The van der Waals surface area contributed by atoms with Crippen LogP contribution in [0.1, 0.15) is 92.9 Å². The summed E-state index contributed by atoms with van der Waals surface area (Å²) in [7, 11) is -2.68. The summed E-state index contributed by atoms with van der Waals surface area (Å²) in [5, 5.41) is 6.25. The molecule has 0 radical (unpaired) electrons. The lowest BCUT2D eigenvalue weighted by Gasteiger charge is -2.34. The van der Waals surface area contributed by atoms with Gasteiger partial charge >= 0.3 is 6.09 Å². The van der Waals surface area contributed by atoms with E-state index in [4.69, 9.17) is 14.2 Å². The predicted octanol–water partition coefficient (Wildman–Crippen LogP) is 5.78. The molecule has 60 heavy (non-hydrogen) atoms. The van der Waals surface area contributed by atoms with Crippen LogP contribution in [-0.4, -0.2) is 96.3 Å². The van der Waals surface area contributed by atoms with E-state index in [0.717, 1.165) is 13.8 Å². The highest BCUT2D eigenvalue weighted by atomic mass is 32.2. The number of nitrogens with one attached hydrogen (secondary N) is 3. The molecule has 6 rings (SSSR count). The molecule has 0 bridgehead atoms. The van der Waals surface area contributed by atoms with Crippen molar-refractivity contribution in [2.45, 2.75) is 127 Å². The first-order chi connectivity index (χ1) is 28.0. The molecule has 2 aromatic rings. The SMILES string of the molecule is CCC1CC(C)CCC=CC2CC2(C(=O)NS(=O)(=O)C2(C)CC2)NC(=O)C2CC(Oc3nc(OC)cc4cc(F)ccc34)CN2C(=O)C1CNC(=O)OC(C)(C)C(C)(F)F. The summed E-state index contributed by atoms with van der Waals surface area (Å²) in [6.07, 6.45) is 4.85. The van der Waals surface area contributed by atoms with Crippen molar-refractivity contribution < 1.29 is 55.0 Å². The first-order valence-electron chi connectivity index (χ1n) is 20.5. The summed E-state index contributed by atoms with van der Waals surface area (Å²) >= 11 is 0. The summed E-state index contributed by atoms with van der Waals surface area (Å²) in [5.74, 6) is -7.58. The van der Waals surface area contributed by atoms with Crippen LogP contribution in [0.5, 0.6) is 11.8 Å². The summed E-state index contributed by atoms with van der Waals surface area (Å²) in [6, 6.07) is 4.30. The number of pyridine rings is 1. The molecule has 2 aliphatic carbocycles. The van der Waals surface area contributed by atoms with E-state index in [0.29, 0.717) is 56.2 Å². The van der Waals surface area contributed by atoms with Gasteiger partial charge in [-0.3, -0.25) is 19.1 Å². The molecule has 4 aliphatic rings. The van der Waals surface area contributed by atoms with Gasteiger partial charge in [0.05, 0.1) is 24.3 Å². The third-order valence-corrected chi connectivity index (χ3v) is 15.0. The van der Waals surface area contributed by atoms with Crippen molar-refractivity contribution in [3.63, 3.8) is 0 Å². The number of hydrogen-bond donors (Lipinski definition) is 3. The third-order valence-electron chi connectivity index (χ3n) is 12.8. The van der Waals surface area contributed by atoms with Crippen LogP contribution in [0.15, 0.2) is 36.4 Å². The Hall–Kier alpha value is -4.61. The van der Waals surface area contributed by atoms with Gasteiger partial charge < -0.3 is 29.7 Å². The highest BCUT2D eigenvalue weighted by Crippen LogP contribution is 2.48. The number of carbonyl (C=O) groups is 4. The van der Waals surface area contributed by atoms with Crippen molar-refractivity contribution in [2.75, 3.05) is 20.2 Å². The molecule has 0 spiro atoms. The molecule has 3 N–H and O–H groups in total. The molecule has 2 aliphatic heterocycles. The third kappa shape index (κ3) is 9.32. The van der Waals surface area contributed by atoms with Crippen LogP contribution in [0, 0.1) is 29.5 Å². The molecule has 7 atom stereocenters. The van der Waals surface area contributed by atoms with E-state index in [9.17, 15) is 36.0 Å². The van der Waals surface area contributed by atoms with Crippen LogP contribution in [0.4, 0.5) is 18.0 Å². The zero-order chi connectivity index (χ0) is 44.0. The second-order valence-electron chi connectivity index (χ2n) is 17.8. The number of aromatic nitrogens is 1. The van der Waals surface area contributed by atoms with Gasteiger partial charge in [-0.05, 0) is 94.7 Å².